The molecule has 1 aliphatic heterocycles. The van der Waals surface area contributed by atoms with Gasteiger partial charge in [0.05, 0.1) is 6.42 Å². The lowest BCUT2D eigenvalue weighted by molar-refractivity contribution is -0.130. The third-order valence-electron chi connectivity index (χ3n) is 6.36. The van der Waals surface area contributed by atoms with Crippen molar-refractivity contribution in [2.24, 2.45) is 11.8 Å². The summed E-state index contributed by atoms with van der Waals surface area (Å²) in [6.45, 7) is 5.46. The van der Waals surface area contributed by atoms with Gasteiger partial charge in [0.25, 0.3) is 0 Å². The Morgan fingerprint density at radius 1 is 1.00 bits per heavy atom. The Kier molecular flexibility index (Phi) is 7.28. The molecule has 0 spiro atoms. The number of amides is 1. The van der Waals surface area contributed by atoms with E-state index in [2.05, 4.69) is 42.0 Å². The van der Waals surface area contributed by atoms with Gasteiger partial charge in [-0.2, -0.15) is 0 Å². The van der Waals surface area contributed by atoms with Crippen LogP contribution in [0.3, 0.4) is 0 Å². The number of carbonyl (C=O) groups excluding carboxylic acids is 2. The Labute approximate surface area is 195 Å². The summed E-state index contributed by atoms with van der Waals surface area (Å²) < 4.78 is 0. The number of pyridine rings is 2. The van der Waals surface area contributed by atoms with E-state index in [0.717, 1.165) is 35.1 Å². The molecule has 1 fully saturated rings. The van der Waals surface area contributed by atoms with Gasteiger partial charge in [-0.15, -0.1) is 0 Å². The summed E-state index contributed by atoms with van der Waals surface area (Å²) in [5, 5.41) is 0. The van der Waals surface area contributed by atoms with E-state index in [1.807, 2.05) is 41.4 Å². The zero-order chi connectivity index (χ0) is 23.2. The third kappa shape index (κ3) is 5.72. The van der Waals surface area contributed by atoms with Gasteiger partial charge in [-0.25, -0.2) is 0 Å². The van der Waals surface area contributed by atoms with Crippen LogP contribution in [0.1, 0.15) is 43.7 Å². The molecule has 1 aromatic carbocycles. The number of hydrogen-bond acceptors (Lipinski definition) is 4. The lowest BCUT2D eigenvalue weighted by atomic mass is 9.81. The Bertz CT molecular complexity index is 1080. The number of likely N-dealkylation sites (tertiary alicyclic amines) is 1. The largest absolute Gasteiger partial charge is 0.342 e. The van der Waals surface area contributed by atoms with Gasteiger partial charge in [-0.1, -0.05) is 50.2 Å². The normalized spacial score (nSPS) is 16.7. The van der Waals surface area contributed by atoms with Crippen molar-refractivity contribution in [1.29, 1.82) is 0 Å². The zero-order valence-electron chi connectivity index (χ0n) is 19.4. The molecule has 2 atom stereocenters. The topological polar surface area (TPSA) is 63.2 Å². The summed E-state index contributed by atoms with van der Waals surface area (Å²) in [6, 6.07) is 16.0. The van der Waals surface area contributed by atoms with Crippen LogP contribution in [0, 0.1) is 11.8 Å². The number of carbonyl (C=O) groups is 2. The molecule has 5 nitrogen and oxygen atoms in total. The number of aromatic nitrogens is 2. The molecule has 3 aromatic rings. The molecule has 4 rings (SSSR count). The molecule has 3 heterocycles. The van der Waals surface area contributed by atoms with Gasteiger partial charge in [0.15, 0.2) is 0 Å². The fraction of sp³-hybridized carbons (Fsp3) is 0.357. The first kappa shape index (κ1) is 22.8. The number of Topliss-reactive ketones (excluding diaryl/α,β-unsaturated/α-hetero) is 1. The van der Waals surface area contributed by atoms with Crippen molar-refractivity contribution in [3.8, 4) is 11.1 Å². The van der Waals surface area contributed by atoms with E-state index < -0.39 is 0 Å². The monoisotopic (exact) mass is 441 g/mol. The Balaban J connectivity index is 1.49. The Morgan fingerprint density at radius 3 is 2.45 bits per heavy atom. The van der Waals surface area contributed by atoms with E-state index in [0.29, 0.717) is 25.4 Å². The van der Waals surface area contributed by atoms with E-state index >= 15 is 0 Å². The van der Waals surface area contributed by atoms with Crippen LogP contribution >= 0.6 is 0 Å². The number of benzene rings is 1. The first-order valence-electron chi connectivity index (χ1n) is 11.7. The highest BCUT2D eigenvalue weighted by Gasteiger charge is 2.35. The van der Waals surface area contributed by atoms with Gasteiger partial charge in [0, 0.05) is 49.7 Å². The molecular formula is C28H31N3O2. The third-order valence-corrected chi connectivity index (χ3v) is 6.36. The molecule has 0 aliphatic carbocycles. The van der Waals surface area contributed by atoms with E-state index in [1.54, 1.807) is 18.6 Å². The van der Waals surface area contributed by atoms with Crippen molar-refractivity contribution in [1.82, 2.24) is 14.9 Å². The van der Waals surface area contributed by atoms with E-state index in [1.165, 1.54) is 0 Å². The highest BCUT2D eigenvalue weighted by molar-refractivity contribution is 5.90. The maximum Gasteiger partial charge on any atom is 0.227 e. The average Bonchev–Trinajstić information content (AvgIpc) is 3.34. The second-order valence-corrected chi connectivity index (χ2v) is 9.32. The average molecular weight is 442 g/mol. The molecule has 5 heteroatoms. The molecule has 33 heavy (non-hydrogen) atoms. The van der Waals surface area contributed by atoms with Crippen LogP contribution in [-0.2, 0) is 16.0 Å². The van der Waals surface area contributed by atoms with Crippen LogP contribution in [0.25, 0.3) is 11.1 Å². The van der Waals surface area contributed by atoms with Gasteiger partial charge < -0.3 is 4.90 Å². The van der Waals surface area contributed by atoms with Gasteiger partial charge in [0.1, 0.15) is 5.78 Å². The van der Waals surface area contributed by atoms with Crippen LogP contribution in [0.15, 0.2) is 73.3 Å². The van der Waals surface area contributed by atoms with Gasteiger partial charge >= 0.3 is 0 Å². The van der Waals surface area contributed by atoms with Crippen LogP contribution in [0.2, 0.25) is 0 Å². The van der Waals surface area contributed by atoms with Crippen molar-refractivity contribution in [2.45, 2.75) is 39.0 Å². The van der Waals surface area contributed by atoms with Crippen molar-refractivity contribution in [2.75, 3.05) is 13.1 Å². The highest BCUT2D eigenvalue weighted by Crippen LogP contribution is 2.33. The Hall–Kier alpha value is -3.34. The summed E-state index contributed by atoms with van der Waals surface area (Å²) in [6.07, 6.45) is 8.91. The highest BCUT2D eigenvalue weighted by atomic mass is 16.2. The van der Waals surface area contributed by atoms with Crippen molar-refractivity contribution < 1.29 is 9.59 Å². The minimum atomic E-state index is -0.167. The lowest BCUT2D eigenvalue weighted by Crippen LogP contribution is -2.32. The summed E-state index contributed by atoms with van der Waals surface area (Å²) in [7, 11) is 0. The Morgan fingerprint density at radius 2 is 1.76 bits per heavy atom. The lowest BCUT2D eigenvalue weighted by Gasteiger charge is -2.23. The first-order valence-corrected chi connectivity index (χ1v) is 11.7. The van der Waals surface area contributed by atoms with Crippen LogP contribution < -0.4 is 0 Å². The fourth-order valence-corrected chi connectivity index (χ4v) is 4.65. The fourth-order valence-electron chi connectivity index (χ4n) is 4.65. The molecule has 0 bridgehead atoms. The number of nitrogens with zero attached hydrogens (tertiary/aromatic N) is 3. The SMILES string of the molecule is CC(C)CC(C(=O)C1CCN(C(=O)Cc2cccnc2)C1)c1cccc(-c2cccnc2)c1. The molecule has 0 saturated carbocycles. The standard InChI is InChI=1S/C28H31N3O2/c1-20(2)14-26(23-8-3-7-22(16-23)24-9-5-12-30-18-24)28(33)25-10-13-31(19-25)27(32)15-21-6-4-11-29-17-21/h3-9,11-12,16-18,20,25-26H,10,13-15,19H2,1-2H3. The number of rotatable bonds is 8. The first-order chi connectivity index (χ1) is 16.0. The molecule has 0 radical (unpaired) electrons. The minimum Gasteiger partial charge on any atom is -0.342 e. The molecule has 170 valence electrons. The maximum atomic E-state index is 13.7. The van der Waals surface area contributed by atoms with Gasteiger partial charge in [-0.05, 0) is 53.1 Å². The quantitative estimate of drug-likeness (QED) is 0.497. The van der Waals surface area contributed by atoms with Crippen molar-refractivity contribution >= 4 is 11.7 Å². The minimum absolute atomic E-state index is 0.0669. The zero-order valence-corrected chi connectivity index (χ0v) is 19.4. The molecule has 1 saturated heterocycles. The molecule has 1 amide bonds. The summed E-state index contributed by atoms with van der Waals surface area (Å²) in [4.78, 5) is 36.6. The number of hydrogen-bond donors (Lipinski definition) is 0. The summed E-state index contributed by atoms with van der Waals surface area (Å²) in [5.74, 6) is 0.431. The number of ketones is 1. The smallest absolute Gasteiger partial charge is 0.227 e. The van der Waals surface area contributed by atoms with Crippen molar-refractivity contribution in [3.05, 3.63) is 84.4 Å². The summed E-state index contributed by atoms with van der Waals surface area (Å²) in [5.41, 5.74) is 4.07. The molecule has 2 unspecified atom stereocenters. The molecular weight excluding hydrogens is 410 g/mol. The van der Waals surface area contributed by atoms with Crippen molar-refractivity contribution in [3.63, 3.8) is 0 Å². The van der Waals surface area contributed by atoms with E-state index in [9.17, 15) is 9.59 Å². The maximum absolute atomic E-state index is 13.7. The molecule has 0 N–H and O–H groups in total. The predicted octanol–water partition coefficient (Wildman–Crippen LogP) is 4.93. The molecule has 1 aliphatic rings. The van der Waals surface area contributed by atoms with E-state index in [-0.39, 0.29) is 23.5 Å². The second kappa shape index (κ2) is 10.5. The summed E-state index contributed by atoms with van der Waals surface area (Å²) >= 11 is 0. The molecule has 2 aromatic heterocycles. The van der Waals surface area contributed by atoms with E-state index in [4.69, 9.17) is 0 Å². The second-order valence-electron chi connectivity index (χ2n) is 9.32. The van der Waals surface area contributed by atoms with Gasteiger partial charge in [0.2, 0.25) is 5.91 Å². The van der Waals surface area contributed by atoms with Crippen LogP contribution in [0.4, 0.5) is 0 Å². The predicted molar refractivity (Wildman–Crippen MR) is 130 cm³/mol. The van der Waals surface area contributed by atoms with Crippen LogP contribution in [-0.4, -0.2) is 39.6 Å². The van der Waals surface area contributed by atoms with Gasteiger partial charge in [-0.3, -0.25) is 19.6 Å². The van der Waals surface area contributed by atoms with Crippen LogP contribution in [0.5, 0.6) is 0 Å².